The van der Waals surface area contributed by atoms with Crippen LogP contribution in [-0.4, -0.2) is 13.6 Å². The van der Waals surface area contributed by atoms with Crippen molar-refractivity contribution in [3.63, 3.8) is 0 Å². The van der Waals surface area contributed by atoms with Crippen molar-refractivity contribution in [3.8, 4) is 6.07 Å². The van der Waals surface area contributed by atoms with Crippen molar-refractivity contribution < 1.29 is 0 Å². The predicted octanol–water partition coefficient (Wildman–Crippen LogP) is 2.52. The minimum atomic E-state index is -0.0244. The van der Waals surface area contributed by atoms with Gasteiger partial charge in [0, 0.05) is 19.3 Å². The maximum atomic E-state index is 8.71. The Morgan fingerprint density at radius 3 is 2.80 bits per heavy atom. The zero-order chi connectivity index (χ0) is 11.4. The number of hydrogen-bond acceptors (Lipinski definition) is 3. The third kappa shape index (κ3) is 3.03. The normalized spacial score (nSPS) is 11.9. The fourth-order valence-electron chi connectivity index (χ4n) is 1.38. The Hall–Kier alpha value is -1.40. The molecule has 3 nitrogen and oxygen atoms in total. The Morgan fingerprint density at radius 1 is 1.60 bits per heavy atom. The second-order valence-corrected chi connectivity index (χ2v) is 4.03. The van der Waals surface area contributed by atoms with Crippen LogP contribution in [0.2, 0.25) is 5.02 Å². The highest BCUT2D eigenvalue weighted by molar-refractivity contribution is 6.33. The third-order valence-electron chi connectivity index (χ3n) is 2.15. The van der Waals surface area contributed by atoms with Crippen LogP contribution in [-0.2, 0) is 0 Å². The molecule has 0 aliphatic heterocycles. The summed E-state index contributed by atoms with van der Waals surface area (Å²) < 4.78 is 0. The molecule has 0 bridgehead atoms. The molecule has 0 saturated heterocycles. The van der Waals surface area contributed by atoms with E-state index < -0.39 is 0 Å². The third-order valence-corrected chi connectivity index (χ3v) is 2.45. The van der Waals surface area contributed by atoms with E-state index in [0.717, 1.165) is 5.69 Å². The Balaban J connectivity index is 2.83. The zero-order valence-electron chi connectivity index (χ0n) is 8.87. The highest BCUT2D eigenvalue weighted by Gasteiger charge is 2.09. The number of nitrogen functional groups attached to an aromatic ring is 1. The molecule has 1 aromatic rings. The van der Waals surface area contributed by atoms with Crippen molar-refractivity contribution in [2.75, 3.05) is 24.2 Å². The molecule has 1 atom stereocenters. The first kappa shape index (κ1) is 11.7. The fourth-order valence-corrected chi connectivity index (χ4v) is 1.72. The Bertz CT molecular complexity index is 384. The molecule has 1 rings (SSSR count). The lowest BCUT2D eigenvalue weighted by Gasteiger charge is -2.21. The van der Waals surface area contributed by atoms with Gasteiger partial charge < -0.3 is 10.6 Å². The summed E-state index contributed by atoms with van der Waals surface area (Å²) in [5.74, 6) is -0.0244. The topological polar surface area (TPSA) is 53.0 Å². The van der Waals surface area contributed by atoms with Gasteiger partial charge in [0.05, 0.1) is 22.7 Å². The number of halogens is 1. The van der Waals surface area contributed by atoms with Crippen LogP contribution in [0, 0.1) is 17.2 Å². The molecule has 15 heavy (non-hydrogen) atoms. The highest BCUT2D eigenvalue weighted by Crippen LogP contribution is 2.27. The Morgan fingerprint density at radius 2 is 2.27 bits per heavy atom. The van der Waals surface area contributed by atoms with E-state index in [2.05, 4.69) is 6.07 Å². The standard InChI is InChI=1S/C11H14ClN3/c1-8(6-13)7-15(2)11-4-3-9(14)5-10(11)12/h3-5,8H,7,14H2,1-2H3. The molecule has 4 heteroatoms. The maximum Gasteiger partial charge on any atom is 0.0671 e. The van der Waals surface area contributed by atoms with Crippen LogP contribution in [0.5, 0.6) is 0 Å². The Labute approximate surface area is 95.1 Å². The van der Waals surface area contributed by atoms with Gasteiger partial charge in [-0.2, -0.15) is 5.26 Å². The van der Waals surface area contributed by atoms with Crippen LogP contribution in [0.3, 0.4) is 0 Å². The van der Waals surface area contributed by atoms with Crippen molar-refractivity contribution in [2.45, 2.75) is 6.92 Å². The van der Waals surface area contributed by atoms with E-state index in [1.165, 1.54) is 0 Å². The minimum absolute atomic E-state index is 0.0244. The fraction of sp³-hybridized carbons (Fsp3) is 0.364. The van der Waals surface area contributed by atoms with Crippen molar-refractivity contribution in [3.05, 3.63) is 23.2 Å². The molecule has 0 fully saturated rings. The number of nitrogens with two attached hydrogens (primary N) is 1. The molecule has 0 spiro atoms. The SMILES string of the molecule is CC(C#N)CN(C)c1ccc(N)cc1Cl. The molecule has 0 saturated carbocycles. The van der Waals surface area contributed by atoms with Crippen molar-refractivity contribution in [2.24, 2.45) is 5.92 Å². The monoisotopic (exact) mass is 223 g/mol. The predicted molar refractivity (Wildman–Crippen MR) is 63.9 cm³/mol. The molecule has 1 unspecified atom stereocenters. The number of hydrogen-bond donors (Lipinski definition) is 1. The molecule has 80 valence electrons. The molecule has 0 aliphatic carbocycles. The highest BCUT2D eigenvalue weighted by atomic mass is 35.5. The lowest BCUT2D eigenvalue weighted by Crippen LogP contribution is -2.23. The van der Waals surface area contributed by atoms with Crippen LogP contribution in [0.1, 0.15) is 6.92 Å². The number of anilines is 2. The number of nitrogens with zero attached hydrogens (tertiary/aromatic N) is 2. The second kappa shape index (κ2) is 4.90. The van der Waals surface area contributed by atoms with Crippen LogP contribution in [0.4, 0.5) is 11.4 Å². The van der Waals surface area contributed by atoms with Crippen LogP contribution in [0.15, 0.2) is 18.2 Å². The van der Waals surface area contributed by atoms with Gasteiger partial charge in [-0.25, -0.2) is 0 Å². The van der Waals surface area contributed by atoms with Gasteiger partial charge in [0.2, 0.25) is 0 Å². The summed E-state index contributed by atoms with van der Waals surface area (Å²) in [6.07, 6.45) is 0. The summed E-state index contributed by atoms with van der Waals surface area (Å²) in [4.78, 5) is 1.95. The van der Waals surface area contributed by atoms with Crippen LogP contribution in [0.25, 0.3) is 0 Å². The quantitative estimate of drug-likeness (QED) is 0.802. The Kier molecular flexibility index (Phi) is 3.81. The summed E-state index contributed by atoms with van der Waals surface area (Å²) >= 11 is 6.05. The average molecular weight is 224 g/mol. The van der Waals surface area contributed by atoms with Gasteiger partial charge in [0.15, 0.2) is 0 Å². The van der Waals surface area contributed by atoms with Crippen molar-refractivity contribution in [1.29, 1.82) is 5.26 Å². The molecule has 0 aromatic heterocycles. The maximum absolute atomic E-state index is 8.71. The summed E-state index contributed by atoms with van der Waals surface area (Å²) in [7, 11) is 1.91. The summed E-state index contributed by atoms with van der Waals surface area (Å²) in [6, 6.07) is 7.56. The number of nitriles is 1. The first-order valence-corrected chi connectivity index (χ1v) is 5.08. The molecule has 0 amide bonds. The molecular weight excluding hydrogens is 210 g/mol. The number of benzene rings is 1. The summed E-state index contributed by atoms with van der Waals surface area (Å²) in [5, 5.41) is 9.33. The van der Waals surface area contributed by atoms with Gasteiger partial charge >= 0.3 is 0 Å². The van der Waals surface area contributed by atoms with E-state index in [0.29, 0.717) is 17.3 Å². The number of rotatable bonds is 3. The minimum Gasteiger partial charge on any atom is -0.399 e. The van der Waals surface area contributed by atoms with E-state index in [1.54, 1.807) is 12.1 Å². The van der Waals surface area contributed by atoms with Gasteiger partial charge in [-0.1, -0.05) is 11.6 Å². The van der Waals surface area contributed by atoms with E-state index in [4.69, 9.17) is 22.6 Å². The lowest BCUT2D eigenvalue weighted by molar-refractivity contribution is 0.716. The molecule has 0 heterocycles. The van der Waals surface area contributed by atoms with E-state index in [-0.39, 0.29) is 5.92 Å². The molecule has 1 aromatic carbocycles. The van der Waals surface area contributed by atoms with E-state index in [1.807, 2.05) is 24.9 Å². The van der Waals surface area contributed by atoms with Crippen molar-refractivity contribution >= 4 is 23.0 Å². The van der Waals surface area contributed by atoms with E-state index >= 15 is 0 Å². The van der Waals surface area contributed by atoms with Crippen molar-refractivity contribution in [1.82, 2.24) is 0 Å². The summed E-state index contributed by atoms with van der Waals surface area (Å²) in [6.45, 7) is 2.53. The second-order valence-electron chi connectivity index (χ2n) is 3.62. The summed E-state index contributed by atoms with van der Waals surface area (Å²) in [5.41, 5.74) is 7.14. The molecule has 0 radical (unpaired) electrons. The van der Waals surface area contributed by atoms with Crippen LogP contribution < -0.4 is 10.6 Å². The molecular formula is C11H14ClN3. The zero-order valence-corrected chi connectivity index (χ0v) is 9.62. The van der Waals surface area contributed by atoms with Gasteiger partial charge in [0.1, 0.15) is 0 Å². The lowest BCUT2D eigenvalue weighted by atomic mass is 10.2. The van der Waals surface area contributed by atoms with E-state index in [9.17, 15) is 0 Å². The van der Waals surface area contributed by atoms with Gasteiger partial charge in [-0.3, -0.25) is 0 Å². The van der Waals surface area contributed by atoms with Gasteiger partial charge in [-0.15, -0.1) is 0 Å². The molecule has 2 N–H and O–H groups in total. The molecule has 0 aliphatic rings. The largest absolute Gasteiger partial charge is 0.399 e. The first-order chi connectivity index (χ1) is 7.04. The van der Waals surface area contributed by atoms with Gasteiger partial charge in [0.25, 0.3) is 0 Å². The van der Waals surface area contributed by atoms with Crippen LogP contribution >= 0.6 is 11.6 Å². The first-order valence-electron chi connectivity index (χ1n) is 4.70. The average Bonchev–Trinajstić information content (AvgIpc) is 2.17. The smallest absolute Gasteiger partial charge is 0.0671 e. The van der Waals surface area contributed by atoms with Gasteiger partial charge in [-0.05, 0) is 25.1 Å².